The number of benzene rings is 1. The van der Waals surface area contributed by atoms with Gasteiger partial charge in [-0.25, -0.2) is 0 Å². The van der Waals surface area contributed by atoms with Crippen molar-refractivity contribution in [3.05, 3.63) is 35.4 Å². The monoisotopic (exact) mass is 349 g/mol. The molecule has 1 aromatic carbocycles. The Bertz CT molecular complexity index is 480. The number of carbonyl (C=O) groups excluding carboxylic acids is 1. The van der Waals surface area contributed by atoms with E-state index >= 15 is 0 Å². The van der Waals surface area contributed by atoms with E-state index < -0.39 is 5.54 Å². The van der Waals surface area contributed by atoms with Gasteiger partial charge >= 0.3 is 0 Å². The van der Waals surface area contributed by atoms with Crippen molar-refractivity contribution < 1.29 is 15.0 Å². The van der Waals surface area contributed by atoms with Gasteiger partial charge < -0.3 is 15.5 Å². The van der Waals surface area contributed by atoms with E-state index in [0.717, 1.165) is 12.0 Å². The maximum atomic E-state index is 11.3. The molecule has 0 heterocycles. The summed E-state index contributed by atoms with van der Waals surface area (Å²) in [4.78, 5) is 11.3. The molecule has 0 saturated carbocycles. The third-order valence-electron chi connectivity index (χ3n) is 4.78. The van der Waals surface area contributed by atoms with Gasteiger partial charge in [0.1, 0.15) is 0 Å². The molecule has 0 fully saturated rings. The predicted octanol–water partition coefficient (Wildman–Crippen LogP) is 3.38. The van der Waals surface area contributed by atoms with Crippen LogP contribution in [0.4, 0.5) is 0 Å². The van der Waals surface area contributed by atoms with Gasteiger partial charge in [-0.1, -0.05) is 63.3 Å². The van der Waals surface area contributed by atoms with Gasteiger partial charge in [-0.15, -0.1) is 0 Å². The molecule has 0 bridgehead atoms. The van der Waals surface area contributed by atoms with Gasteiger partial charge in [-0.3, -0.25) is 4.79 Å². The van der Waals surface area contributed by atoms with Gasteiger partial charge in [0.25, 0.3) is 0 Å². The largest absolute Gasteiger partial charge is 0.394 e. The second-order valence-electron chi connectivity index (χ2n) is 7.11. The van der Waals surface area contributed by atoms with Crippen LogP contribution in [0.25, 0.3) is 0 Å². The van der Waals surface area contributed by atoms with Gasteiger partial charge in [0.05, 0.1) is 18.8 Å². The summed E-state index contributed by atoms with van der Waals surface area (Å²) in [6.45, 7) is 3.11. The molecule has 25 heavy (non-hydrogen) atoms. The summed E-state index contributed by atoms with van der Waals surface area (Å²) in [7, 11) is 0. The summed E-state index contributed by atoms with van der Waals surface area (Å²) >= 11 is 0. The molecule has 0 aliphatic heterocycles. The average Bonchev–Trinajstić information content (AvgIpc) is 2.62. The Morgan fingerprint density at radius 3 is 1.96 bits per heavy atom. The van der Waals surface area contributed by atoms with E-state index in [0.29, 0.717) is 12.8 Å². The third-order valence-corrected chi connectivity index (χ3v) is 4.78. The zero-order valence-corrected chi connectivity index (χ0v) is 15.9. The number of hydrogen-bond acceptors (Lipinski definition) is 3. The predicted molar refractivity (Wildman–Crippen MR) is 103 cm³/mol. The summed E-state index contributed by atoms with van der Waals surface area (Å²) < 4.78 is 0. The van der Waals surface area contributed by atoms with E-state index in [1.807, 2.05) is 0 Å². The number of hydrogen-bond donors (Lipinski definition) is 3. The molecular weight excluding hydrogens is 314 g/mol. The van der Waals surface area contributed by atoms with Gasteiger partial charge in [0.15, 0.2) is 0 Å². The fourth-order valence-corrected chi connectivity index (χ4v) is 3.09. The fraction of sp³-hybridized carbons (Fsp3) is 0.667. The van der Waals surface area contributed by atoms with Crippen LogP contribution in [-0.4, -0.2) is 34.9 Å². The van der Waals surface area contributed by atoms with E-state index in [1.54, 1.807) is 0 Å². The minimum atomic E-state index is -0.941. The highest BCUT2D eigenvalue weighted by Gasteiger charge is 2.29. The molecule has 0 atom stereocenters. The molecule has 0 aromatic heterocycles. The number of aliphatic hydroxyl groups excluding tert-OH is 2. The number of nitrogens with one attached hydrogen (secondary N) is 1. The quantitative estimate of drug-likeness (QED) is 0.478. The summed E-state index contributed by atoms with van der Waals surface area (Å²) in [5.74, 6) is -0.239. The molecule has 142 valence electrons. The van der Waals surface area contributed by atoms with Gasteiger partial charge in [0, 0.05) is 6.92 Å². The average molecular weight is 350 g/mol. The lowest BCUT2D eigenvalue weighted by molar-refractivity contribution is -0.122. The molecule has 0 saturated heterocycles. The number of rotatable bonds is 13. The van der Waals surface area contributed by atoms with Crippen LogP contribution >= 0.6 is 0 Å². The molecule has 0 radical (unpaired) electrons. The third kappa shape index (κ3) is 8.50. The molecule has 3 N–H and O–H groups in total. The normalized spacial score (nSPS) is 11.5. The molecular formula is C21H35NO3. The van der Waals surface area contributed by atoms with E-state index in [2.05, 4.69) is 36.5 Å². The van der Waals surface area contributed by atoms with Crippen molar-refractivity contribution in [1.82, 2.24) is 5.32 Å². The summed E-state index contributed by atoms with van der Waals surface area (Å²) in [6.07, 6.45) is 10.2. The zero-order valence-electron chi connectivity index (χ0n) is 15.9. The molecule has 0 aliphatic rings. The first-order valence-corrected chi connectivity index (χ1v) is 9.63. The first kappa shape index (κ1) is 21.7. The Kier molecular flexibility index (Phi) is 10.4. The van der Waals surface area contributed by atoms with Crippen molar-refractivity contribution in [3.63, 3.8) is 0 Å². The van der Waals surface area contributed by atoms with Crippen LogP contribution < -0.4 is 5.32 Å². The first-order valence-electron chi connectivity index (χ1n) is 9.63. The molecule has 1 rings (SSSR count). The smallest absolute Gasteiger partial charge is 0.217 e. The van der Waals surface area contributed by atoms with E-state index in [4.69, 9.17) is 0 Å². The Balaban J connectivity index is 2.41. The van der Waals surface area contributed by atoms with Crippen molar-refractivity contribution in [2.45, 2.75) is 77.2 Å². The van der Waals surface area contributed by atoms with Crippen molar-refractivity contribution in [3.8, 4) is 0 Å². The Hall–Kier alpha value is -1.39. The Labute approximate surface area is 152 Å². The number of unbranched alkanes of at least 4 members (excludes halogenated alkanes) is 5. The van der Waals surface area contributed by atoms with Crippen LogP contribution in [-0.2, 0) is 17.6 Å². The van der Waals surface area contributed by atoms with Crippen LogP contribution in [0.15, 0.2) is 24.3 Å². The number of amides is 1. The van der Waals surface area contributed by atoms with Gasteiger partial charge in [-0.2, -0.15) is 0 Å². The lowest BCUT2D eigenvalue weighted by Gasteiger charge is -2.30. The molecule has 1 aromatic rings. The maximum Gasteiger partial charge on any atom is 0.217 e. The van der Waals surface area contributed by atoms with Crippen LogP contribution in [0, 0.1) is 0 Å². The van der Waals surface area contributed by atoms with Crippen molar-refractivity contribution in [2.75, 3.05) is 13.2 Å². The van der Waals surface area contributed by atoms with E-state index in [-0.39, 0.29) is 19.1 Å². The molecule has 0 unspecified atom stereocenters. The summed E-state index contributed by atoms with van der Waals surface area (Å²) in [5.41, 5.74) is 1.57. The van der Waals surface area contributed by atoms with E-state index in [1.165, 1.54) is 51.0 Å². The van der Waals surface area contributed by atoms with Gasteiger partial charge in [0.2, 0.25) is 5.91 Å². The second kappa shape index (κ2) is 12.0. The van der Waals surface area contributed by atoms with Crippen LogP contribution in [0.1, 0.15) is 69.9 Å². The minimum absolute atomic E-state index is 0.239. The van der Waals surface area contributed by atoms with E-state index in [9.17, 15) is 15.0 Å². The van der Waals surface area contributed by atoms with Crippen LogP contribution in [0.3, 0.4) is 0 Å². The number of carbonyl (C=O) groups is 1. The highest BCUT2D eigenvalue weighted by atomic mass is 16.3. The molecule has 4 heteroatoms. The standard InChI is InChI=1S/C21H35NO3/c1-3-4-5-6-7-8-9-19-10-12-20(13-11-19)14-15-21(16-23,17-24)22-18(2)25/h10-13,23-24H,3-9,14-17H2,1-2H3,(H,22,25). The molecule has 0 aliphatic carbocycles. The summed E-state index contributed by atoms with van der Waals surface area (Å²) in [6, 6.07) is 8.55. The number of aliphatic hydroxyl groups is 2. The van der Waals surface area contributed by atoms with Crippen LogP contribution in [0.2, 0.25) is 0 Å². The lowest BCUT2D eigenvalue weighted by Crippen LogP contribution is -2.53. The molecule has 1 amide bonds. The fourth-order valence-electron chi connectivity index (χ4n) is 3.09. The topological polar surface area (TPSA) is 69.6 Å². The zero-order chi connectivity index (χ0) is 18.5. The Morgan fingerprint density at radius 1 is 0.920 bits per heavy atom. The second-order valence-corrected chi connectivity index (χ2v) is 7.11. The molecule has 0 spiro atoms. The highest BCUT2D eigenvalue weighted by molar-refractivity contribution is 5.73. The minimum Gasteiger partial charge on any atom is -0.394 e. The van der Waals surface area contributed by atoms with Crippen LogP contribution in [0.5, 0.6) is 0 Å². The summed E-state index contributed by atoms with van der Waals surface area (Å²) in [5, 5.41) is 21.8. The van der Waals surface area contributed by atoms with Gasteiger partial charge in [-0.05, 0) is 36.8 Å². The molecule has 4 nitrogen and oxygen atoms in total. The first-order chi connectivity index (χ1) is 12.0. The maximum absolute atomic E-state index is 11.3. The number of aryl methyl sites for hydroxylation is 2. The SMILES string of the molecule is CCCCCCCCc1ccc(CCC(CO)(CO)NC(C)=O)cc1. The van der Waals surface area contributed by atoms with Crippen molar-refractivity contribution in [1.29, 1.82) is 0 Å². The van der Waals surface area contributed by atoms with Crippen molar-refractivity contribution >= 4 is 5.91 Å². The lowest BCUT2D eigenvalue weighted by atomic mass is 9.92. The Morgan fingerprint density at radius 2 is 1.44 bits per heavy atom. The van der Waals surface area contributed by atoms with Crippen molar-refractivity contribution in [2.24, 2.45) is 0 Å². The highest BCUT2D eigenvalue weighted by Crippen LogP contribution is 2.16.